The predicted molar refractivity (Wildman–Crippen MR) is 58.0 cm³/mol. The van der Waals surface area contributed by atoms with Gasteiger partial charge in [-0.3, -0.25) is 4.79 Å². The van der Waals surface area contributed by atoms with Crippen LogP contribution >= 0.6 is 0 Å². The molecule has 0 aliphatic heterocycles. The first-order valence-corrected chi connectivity index (χ1v) is 5.44. The zero-order chi connectivity index (χ0) is 11.0. The van der Waals surface area contributed by atoms with Crippen molar-refractivity contribution in [3.63, 3.8) is 0 Å². The zero-order valence-electron chi connectivity index (χ0n) is 9.52. The lowest BCUT2D eigenvalue weighted by Crippen LogP contribution is -2.26. The molecule has 2 rings (SSSR count). The van der Waals surface area contributed by atoms with Gasteiger partial charge in [-0.15, -0.1) is 0 Å². The molecule has 1 fully saturated rings. The Balaban J connectivity index is 2.09. The normalized spacial score (nSPS) is 15.4. The maximum atomic E-state index is 11.9. The number of carbonyl (C=O) groups excluding carboxylic acids is 1. The molecule has 0 aromatic carbocycles. The molecule has 0 saturated heterocycles. The van der Waals surface area contributed by atoms with E-state index in [0.717, 1.165) is 23.6 Å². The zero-order valence-corrected chi connectivity index (χ0v) is 9.52. The second-order valence-corrected chi connectivity index (χ2v) is 4.37. The minimum Gasteiger partial charge on any atom is -0.466 e. The molecule has 0 unspecified atom stereocenters. The van der Waals surface area contributed by atoms with E-state index in [0.29, 0.717) is 11.5 Å². The molecule has 1 heterocycles. The first kappa shape index (κ1) is 10.3. The first-order chi connectivity index (χ1) is 7.09. The van der Waals surface area contributed by atoms with Gasteiger partial charge in [-0.1, -0.05) is 0 Å². The van der Waals surface area contributed by atoms with Crippen molar-refractivity contribution < 1.29 is 9.21 Å². The number of aryl methyl sites for hydroxylation is 2. The lowest BCUT2D eigenvalue weighted by Gasteiger charge is -2.03. The Kier molecular flexibility index (Phi) is 2.55. The van der Waals surface area contributed by atoms with Crippen LogP contribution in [0.3, 0.4) is 0 Å². The SMILES string of the molecule is Cc1oc(C)c(C(=O)NCC2CC2)c1C. The molecular formula is C12H17NO2. The Hall–Kier alpha value is -1.25. The smallest absolute Gasteiger partial charge is 0.255 e. The van der Waals surface area contributed by atoms with Crippen molar-refractivity contribution in [2.24, 2.45) is 5.92 Å². The Morgan fingerprint density at radius 2 is 2.00 bits per heavy atom. The number of hydrogen-bond acceptors (Lipinski definition) is 2. The van der Waals surface area contributed by atoms with E-state index < -0.39 is 0 Å². The second-order valence-electron chi connectivity index (χ2n) is 4.37. The number of hydrogen-bond donors (Lipinski definition) is 1. The van der Waals surface area contributed by atoms with Crippen molar-refractivity contribution in [3.05, 3.63) is 22.6 Å². The van der Waals surface area contributed by atoms with Crippen LogP contribution in [0.1, 0.15) is 40.3 Å². The van der Waals surface area contributed by atoms with E-state index in [1.807, 2.05) is 20.8 Å². The van der Waals surface area contributed by atoms with Crippen LogP contribution in [-0.2, 0) is 0 Å². The second kappa shape index (κ2) is 3.72. The molecule has 1 amide bonds. The third-order valence-corrected chi connectivity index (χ3v) is 3.04. The van der Waals surface area contributed by atoms with Gasteiger partial charge >= 0.3 is 0 Å². The molecule has 1 N–H and O–H groups in total. The maximum absolute atomic E-state index is 11.9. The van der Waals surface area contributed by atoms with E-state index in [9.17, 15) is 4.79 Å². The summed E-state index contributed by atoms with van der Waals surface area (Å²) in [5.41, 5.74) is 1.67. The lowest BCUT2D eigenvalue weighted by atomic mass is 10.1. The van der Waals surface area contributed by atoms with Crippen molar-refractivity contribution in [2.45, 2.75) is 33.6 Å². The standard InChI is InChI=1S/C12H17NO2/c1-7-8(2)15-9(3)11(7)12(14)13-6-10-4-5-10/h10H,4-6H2,1-3H3,(H,13,14). The maximum Gasteiger partial charge on any atom is 0.255 e. The highest BCUT2D eigenvalue weighted by molar-refractivity contribution is 5.96. The average molecular weight is 207 g/mol. The Morgan fingerprint density at radius 3 is 2.47 bits per heavy atom. The summed E-state index contributed by atoms with van der Waals surface area (Å²) in [6.07, 6.45) is 2.51. The van der Waals surface area contributed by atoms with Crippen LogP contribution in [0.2, 0.25) is 0 Å². The highest BCUT2D eigenvalue weighted by atomic mass is 16.3. The summed E-state index contributed by atoms with van der Waals surface area (Å²) >= 11 is 0. The van der Waals surface area contributed by atoms with Crippen LogP contribution in [0.25, 0.3) is 0 Å². The van der Waals surface area contributed by atoms with Crippen molar-refractivity contribution in [1.29, 1.82) is 0 Å². The van der Waals surface area contributed by atoms with Gasteiger partial charge < -0.3 is 9.73 Å². The Morgan fingerprint density at radius 1 is 1.33 bits per heavy atom. The molecule has 0 radical (unpaired) electrons. The molecule has 0 spiro atoms. The highest BCUT2D eigenvalue weighted by Gasteiger charge is 2.24. The van der Waals surface area contributed by atoms with Crippen molar-refractivity contribution >= 4 is 5.91 Å². The van der Waals surface area contributed by atoms with Crippen molar-refractivity contribution in [1.82, 2.24) is 5.32 Å². The fourth-order valence-corrected chi connectivity index (χ4v) is 1.77. The Labute approximate surface area is 89.9 Å². The minimum atomic E-state index is 0.00810. The molecule has 0 atom stereocenters. The third-order valence-electron chi connectivity index (χ3n) is 3.04. The Bertz CT molecular complexity index is 389. The van der Waals surface area contributed by atoms with Gasteiger partial charge in [0, 0.05) is 12.1 Å². The van der Waals surface area contributed by atoms with Crippen molar-refractivity contribution in [3.8, 4) is 0 Å². The largest absolute Gasteiger partial charge is 0.466 e. The monoisotopic (exact) mass is 207 g/mol. The van der Waals surface area contributed by atoms with E-state index in [2.05, 4.69) is 5.32 Å². The summed E-state index contributed by atoms with van der Waals surface area (Å²) in [5, 5.41) is 2.96. The number of carbonyl (C=O) groups is 1. The van der Waals surface area contributed by atoms with Gasteiger partial charge in [0.25, 0.3) is 5.91 Å². The summed E-state index contributed by atoms with van der Waals surface area (Å²) in [4.78, 5) is 11.9. The summed E-state index contributed by atoms with van der Waals surface area (Å²) in [5.74, 6) is 2.28. The van der Waals surface area contributed by atoms with Crippen molar-refractivity contribution in [2.75, 3.05) is 6.54 Å². The fraction of sp³-hybridized carbons (Fsp3) is 0.583. The first-order valence-electron chi connectivity index (χ1n) is 5.44. The van der Waals surface area contributed by atoms with E-state index in [4.69, 9.17) is 4.42 Å². The highest BCUT2D eigenvalue weighted by Crippen LogP contribution is 2.28. The van der Waals surface area contributed by atoms with Gasteiger partial charge in [-0.25, -0.2) is 0 Å². The average Bonchev–Trinajstić information content (AvgIpc) is 2.94. The van der Waals surface area contributed by atoms with Gasteiger partial charge in [-0.2, -0.15) is 0 Å². The van der Waals surface area contributed by atoms with Gasteiger partial charge in [-0.05, 0) is 39.5 Å². The van der Waals surface area contributed by atoms with Crippen LogP contribution in [-0.4, -0.2) is 12.5 Å². The molecular weight excluding hydrogens is 190 g/mol. The number of furan rings is 1. The van der Waals surface area contributed by atoms with E-state index in [1.165, 1.54) is 12.8 Å². The molecule has 1 aliphatic rings. The molecule has 82 valence electrons. The van der Waals surface area contributed by atoms with E-state index in [-0.39, 0.29) is 5.91 Å². The van der Waals surface area contributed by atoms with Gasteiger partial charge in [0.15, 0.2) is 0 Å². The van der Waals surface area contributed by atoms with Gasteiger partial charge in [0.1, 0.15) is 11.5 Å². The molecule has 3 nitrogen and oxygen atoms in total. The molecule has 15 heavy (non-hydrogen) atoms. The van der Waals surface area contributed by atoms with Gasteiger partial charge in [0.05, 0.1) is 5.56 Å². The van der Waals surface area contributed by atoms with Gasteiger partial charge in [0.2, 0.25) is 0 Å². The fourth-order valence-electron chi connectivity index (χ4n) is 1.77. The van der Waals surface area contributed by atoms with Crippen LogP contribution in [0, 0.1) is 26.7 Å². The summed E-state index contributed by atoms with van der Waals surface area (Å²) in [7, 11) is 0. The summed E-state index contributed by atoms with van der Waals surface area (Å²) in [6, 6.07) is 0. The molecule has 1 aromatic heterocycles. The molecule has 1 aliphatic carbocycles. The van der Waals surface area contributed by atoms with E-state index in [1.54, 1.807) is 0 Å². The number of rotatable bonds is 3. The lowest BCUT2D eigenvalue weighted by molar-refractivity contribution is 0.0950. The predicted octanol–water partition coefficient (Wildman–Crippen LogP) is 2.34. The number of nitrogens with one attached hydrogen (secondary N) is 1. The van der Waals surface area contributed by atoms with Crippen LogP contribution in [0.5, 0.6) is 0 Å². The molecule has 1 saturated carbocycles. The van der Waals surface area contributed by atoms with Crippen LogP contribution in [0.15, 0.2) is 4.42 Å². The molecule has 3 heteroatoms. The molecule has 1 aromatic rings. The van der Waals surface area contributed by atoms with Crippen LogP contribution in [0.4, 0.5) is 0 Å². The summed E-state index contributed by atoms with van der Waals surface area (Å²) < 4.78 is 5.43. The molecule has 0 bridgehead atoms. The third kappa shape index (κ3) is 2.06. The number of amides is 1. The van der Waals surface area contributed by atoms with Crippen LogP contribution < -0.4 is 5.32 Å². The topological polar surface area (TPSA) is 42.2 Å². The minimum absolute atomic E-state index is 0.00810. The summed E-state index contributed by atoms with van der Waals surface area (Å²) in [6.45, 7) is 6.46. The van der Waals surface area contributed by atoms with E-state index >= 15 is 0 Å². The quantitative estimate of drug-likeness (QED) is 0.826.